The van der Waals surface area contributed by atoms with Crippen LogP contribution in [0.15, 0.2) is 0 Å². The van der Waals surface area contributed by atoms with Crippen LogP contribution >= 0.6 is 0 Å². The molecule has 0 aliphatic rings. The molecule has 6 nitrogen and oxygen atoms in total. The molecule has 0 aromatic carbocycles. The number of likely N-dealkylation sites (N-methyl/N-ethyl adjacent to an activating group) is 1. The summed E-state index contributed by atoms with van der Waals surface area (Å²) in [5, 5.41) is 9.57. The fourth-order valence-electron chi connectivity index (χ4n) is 1.39. The molecular formula is C10H16F3N5O. The van der Waals surface area contributed by atoms with E-state index >= 15 is 0 Å². The van der Waals surface area contributed by atoms with Gasteiger partial charge >= 0.3 is 6.18 Å². The average Bonchev–Trinajstić information content (AvgIpc) is 2.57. The van der Waals surface area contributed by atoms with Gasteiger partial charge in [0.2, 0.25) is 5.91 Å². The maximum Gasteiger partial charge on any atom is 0.405 e. The largest absolute Gasteiger partial charge is 0.405 e. The molecule has 0 atom stereocenters. The molecule has 9 heteroatoms. The van der Waals surface area contributed by atoms with Crippen LogP contribution in [0.1, 0.15) is 11.6 Å². The topological polar surface area (TPSA) is 63.1 Å². The van der Waals surface area contributed by atoms with E-state index in [-0.39, 0.29) is 6.54 Å². The summed E-state index contributed by atoms with van der Waals surface area (Å²) in [6.45, 7) is 0.661. The van der Waals surface area contributed by atoms with Crippen molar-refractivity contribution in [2.75, 3.05) is 20.1 Å². The van der Waals surface area contributed by atoms with Crippen LogP contribution in [-0.4, -0.2) is 51.9 Å². The van der Waals surface area contributed by atoms with E-state index in [4.69, 9.17) is 0 Å². The van der Waals surface area contributed by atoms with Crippen molar-refractivity contribution in [3.63, 3.8) is 0 Å². The van der Waals surface area contributed by atoms with Gasteiger partial charge in [-0.2, -0.15) is 13.2 Å². The maximum absolute atomic E-state index is 11.9. The molecule has 19 heavy (non-hydrogen) atoms. The lowest BCUT2D eigenvalue weighted by Gasteiger charge is -2.16. The maximum atomic E-state index is 11.9. The minimum absolute atomic E-state index is 0.137. The summed E-state index contributed by atoms with van der Waals surface area (Å²) in [6, 6.07) is 0. The highest BCUT2D eigenvalue weighted by Crippen LogP contribution is 2.12. The van der Waals surface area contributed by atoms with Crippen LogP contribution in [-0.2, 0) is 18.4 Å². The van der Waals surface area contributed by atoms with Gasteiger partial charge in [-0.05, 0) is 14.0 Å². The van der Waals surface area contributed by atoms with Gasteiger partial charge in [0, 0.05) is 7.05 Å². The zero-order valence-electron chi connectivity index (χ0n) is 11.0. The normalized spacial score (nSPS) is 11.9. The first-order chi connectivity index (χ1) is 8.69. The van der Waals surface area contributed by atoms with Gasteiger partial charge in [0.15, 0.2) is 0 Å². The zero-order chi connectivity index (χ0) is 14.6. The van der Waals surface area contributed by atoms with E-state index in [2.05, 4.69) is 10.2 Å². The van der Waals surface area contributed by atoms with E-state index in [0.29, 0.717) is 12.4 Å². The van der Waals surface area contributed by atoms with Crippen LogP contribution in [0.2, 0.25) is 0 Å². The third-order valence-corrected chi connectivity index (χ3v) is 2.49. The molecule has 0 aliphatic heterocycles. The van der Waals surface area contributed by atoms with Crippen molar-refractivity contribution >= 4 is 5.91 Å². The van der Waals surface area contributed by atoms with Gasteiger partial charge in [-0.3, -0.25) is 9.69 Å². The lowest BCUT2D eigenvalue weighted by Crippen LogP contribution is -2.39. The minimum atomic E-state index is -4.39. The highest BCUT2D eigenvalue weighted by atomic mass is 19.4. The van der Waals surface area contributed by atoms with E-state index in [1.54, 1.807) is 30.5 Å². The summed E-state index contributed by atoms with van der Waals surface area (Å²) in [5.41, 5.74) is 0. The molecule has 0 saturated heterocycles. The molecule has 1 heterocycles. The Morgan fingerprint density at radius 2 is 2.05 bits per heavy atom. The SMILES string of the molecule is Cc1nnc(CN(C)CC(=O)NCC(F)(F)F)n1C. The molecular weight excluding hydrogens is 263 g/mol. The number of alkyl halides is 3. The van der Waals surface area contributed by atoms with Crippen molar-refractivity contribution in [1.82, 2.24) is 25.0 Å². The van der Waals surface area contributed by atoms with Crippen molar-refractivity contribution in [2.45, 2.75) is 19.6 Å². The number of nitrogens with one attached hydrogen (secondary N) is 1. The number of hydrogen-bond donors (Lipinski definition) is 1. The minimum Gasteiger partial charge on any atom is -0.346 e. The van der Waals surface area contributed by atoms with Gasteiger partial charge in [-0.25, -0.2) is 0 Å². The summed E-state index contributed by atoms with van der Waals surface area (Å²) in [4.78, 5) is 12.8. The quantitative estimate of drug-likeness (QED) is 0.838. The average molecular weight is 279 g/mol. The standard InChI is InChI=1S/C10H16F3N5O/c1-7-15-16-8(18(7)3)4-17(2)5-9(19)14-6-10(11,12)13/h4-6H2,1-3H3,(H,14,19). The first kappa shape index (κ1) is 15.4. The van der Waals surface area contributed by atoms with Crippen LogP contribution in [0.25, 0.3) is 0 Å². The number of amides is 1. The van der Waals surface area contributed by atoms with E-state index in [1.165, 1.54) is 0 Å². The first-order valence-corrected chi connectivity index (χ1v) is 5.56. The smallest absolute Gasteiger partial charge is 0.346 e. The number of aromatic nitrogens is 3. The molecule has 1 rings (SSSR count). The van der Waals surface area contributed by atoms with Gasteiger partial charge in [0.05, 0.1) is 13.1 Å². The lowest BCUT2D eigenvalue weighted by molar-refractivity contribution is -0.138. The van der Waals surface area contributed by atoms with Crippen LogP contribution < -0.4 is 5.32 Å². The van der Waals surface area contributed by atoms with E-state index in [0.717, 1.165) is 5.82 Å². The fraction of sp³-hybridized carbons (Fsp3) is 0.700. The van der Waals surface area contributed by atoms with Crippen LogP contribution in [0.3, 0.4) is 0 Å². The van der Waals surface area contributed by atoms with Gasteiger partial charge < -0.3 is 9.88 Å². The Labute approximate surface area is 108 Å². The van der Waals surface area contributed by atoms with Crippen LogP contribution in [0, 0.1) is 6.92 Å². The molecule has 1 aromatic rings. The Balaban J connectivity index is 2.41. The predicted octanol–water partition coefficient (Wildman–Crippen LogP) is 0.234. The second-order valence-electron chi connectivity index (χ2n) is 4.29. The zero-order valence-corrected chi connectivity index (χ0v) is 11.0. The number of aryl methyl sites for hydroxylation is 1. The number of halogens is 3. The molecule has 1 amide bonds. The van der Waals surface area contributed by atoms with Crippen molar-refractivity contribution in [3.8, 4) is 0 Å². The monoisotopic (exact) mass is 279 g/mol. The summed E-state index contributed by atoms with van der Waals surface area (Å²) in [5.74, 6) is 0.687. The summed E-state index contributed by atoms with van der Waals surface area (Å²) < 4.78 is 37.5. The Kier molecular flexibility index (Phi) is 4.87. The highest BCUT2D eigenvalue weighted by molar-refractivity contribution is 5.77. The molecule has 108 valence electrons. The Hall–Kier alpha value is -1.64. The van der Waals surface area contributed by atoms with E-state index in [9.17, 15) is 18.0 Å². The van der Waals surface area contributed by atoms with Crippen molar-refractivity contribution in [3.05, 3.63) is 11.6 Å². The van der Waals surface area contributed by atoms with Crippen molar-refractivity contribution in [2.24, 2.45) is 7.05 Å². The van der Waals surface area contributed by atoms with Crippen LogP contribution in [0.5, 0.6) is 0 Å². The Morgan fingerprint density at radius 3 is 2.53 bits per heavy atom. The number of nitrogens with zero attached hydrogens (tertiary/aromatic N) is 4. The van der Waals surface area contributed by atoms with Gasteiger partial charge in [0.1, 0.15) is 18.2 Å². The molecule has 0 radical (unpaired) electrons. The fourth-order valence-corrected chi connectivity index (χ4v) is 1.39. The highest BCUT2D eigenvalue weighted by Gasteiger charge is 2.27. The lowest BCUT2D eigenvalue weighted by atomic mass is 10.4. The number of hydrogen-bond acceptors (Lipinski definition) is 4. The van der Waals surface area contributed by atoms with E-state index < -0.39 is 18.6 Å². The van der Waals surface area contributed by atoms with Gasteiger partial charge in [0.25, 0.3) is 0 Å². The summed E-state index contributed by atoms with van der Waals surface area (Å²) in [6.07, 6.45) is -4.39. The third-order valence-electron chi connectivity index (χ3n) is 2.49. The summed E-state index contributed by atoms with van der Waals surface area (Å²) in [7, 11) is 3.40. The first-order valence-electron chi connectivity index (χ1n) is 5.56. The molecule has 0 fully saturated rings. The third kappa shape index (κ3) is 5.25. The van der Waals surface area contributed by atoms with Crippen molar-refractivity contribution < 1.29 is 18.0 Å². The van der Waals surface area contributed by atoms with Crippen molar-refractivity contribution in [1.29, 1.82) is 0 Å². The van der Waals surface area contributed by atoms with Gasteiger partial charge in [-0.15, -0.1) is 10.2 Å². The second kappa shape index (κ2) is 6.00. The number of carbonyl (C=O) groups excluding carboxylic acids is 1. The molecule has 0 spiro atoms. The second-order valence-corrected chi connectivity index (χ2v) is 4.29. The number of carbonyl (C=O) groups is 1. The molecule has 0 unspecified atom stereocenters. The summed E-state index contributed by atoms with van der Waals surface area (Å²) >= 11 is 0. The predicted molar refractivity (Wildman–Crippen MR) is 61.1 cm³/mol. The number of rotatable bonds is 5. The van der Waals surface area contributed by atoms with E-state index in [1.807, 2.05) is 5.32 Å². The Bertz CT molecular complexity index is 443. The molecule has 0 saturated carbocycles. The molecule has 1 aromatic heterocycles. The Morgan fingerprint density at radius 1 is 1.42 bits per heavy atom. The molecule has 0 bridgehead atoms. The van der Waals surface area contributed by atoms with Gasteiger partial charge in [-0.1, -0.05) is 0 Å². The van der Waals surface area contributed by atoms with Crippen LogP contribution in [0.4, 0.5) is 13.2 Å². The molecule has 0 aliphatic carbocycles. The molecule has 1 N–H and O–H groups in total.